The number of anilines is 2. The molecule has 1 aliphatic rings. The first-order chi connectivity index (χ1) is 12.5. The average Bonchev–Trinajstić information content (AvgIpc) is 2.91. The van der Waals surface area contributed by atoms with Gasteiger partial charge >= 0.3 is 6.18 Å². The lowest BCUT2D eigenvalue weighted by Gasteiger charge is -2.23. The number of fused-ring (bicyclic) bond motifs is 1. The van der Waals surface area contributed by atoms with Crippen molar-refractivity contribution in [2.45, 2.75) is 12.6 Å². The number of rotatable bonds is 2. The maximum atomic E-state index is 13.0. The van der Waals surface area contributed by atoms with Crippen molar-refractivity contribution in [3.05, 3.63) is 36.3 Å². The van der Waals surface area contributed by atoms with Crippen LogP contribution in [0.5, 0.6) is 0 Å². The molecule has 1 fully saturated rings. The number of aromatic nitrogens is 6. The molecule has 3 aromatic rings. The summed E-state index contributed by atoms with van der Waals surface area (Å²) in [6.45, 7) is 2.75. The van der Waals surface area contributed by atoms with Gasteiger partial charge in [0.25, 0.3) is 5.82 Å². The molecular weight excluding hydrogens is 349 g/mol. The molecule has 0 aromatic carbocycles. The van der Waals surface area contributed by atoms with E-state index in [2.05, 4.69) is 30.4 Å². The Morgan fingerprint density at radius 1 is 0.846 bits per heavy atom. The molecule has 4 rings (SSSR count). The van der Waals surface area contributed by atoms with Crippen molar-refractivity contribution >= 4 is 17.3 Å². The normalized spacial score (nSPS) is 16.1. The van der Waals surface area contributed by atoms with Gasteiger partial charge in [-0.05, 0) is 30.7 Å². The average molecular weight is 364 g/mol. The highest BCUT2D eigenvalue weighted by molar-refractivity contribution is 5.47. The van der Waals surface area contributed by atoms with Crippen LogP contribution in [-0.4, -0.2) is 56.2 Å². The van der Waals surface area contributed by atoms with Gasteiger partial charge in [0.1, 0.15) is 5.82 Å². The molecule has 0 atom stereocenters. The highest BCUT2D eigenvalue weighted by atomic mass is 19.4. The van der Waals surface area contributed by atoms with Crippen LogP contribution in [0, 0.1) is 0 Å². The van der Waals surface area contributed by atoms with Gasteiger partial charge in [-0.2, -0.15) is 22.8 Å². The van der Waals surface area contributed by atoms with Gasteiger partial charge in [0, 0.05) is 32.4 Å². The SMILES string of the molecule is FC(F)(F)c1nnc2ccc(N3CCCN(c4cccnn4)CC3)nn12. The molecule has 0 spiro atoms. The topological polar surface area (TPSA) is 75.3 Å². The number of hydrogen-bond acceptors (Lipinski definition) is 7. The Hall–Kier alpha value is -2.98. The van der Waals surface area contributed by atoms with Crippen molar-refractivity contribution in [3.63, 3.8) is 0 Å². The lowest BCUT2D eigenvalue weighted by molar-refractivity contribution is -0.146. The van der Waals surface area contributed by atoms with Gasteiger partial charge in [-0.3, -0.25) is 0 Å². The molecule has 0 aliphatic carbocycles. The minimum Gasteiger partial charge on any atom is -0.353 e. The number of hydrogen-bond donors (Lipinski definition) is 0. The number of halogens is 3. The summed E-state index contributed by atoms with van der Waals surface area (Å²) in [4.78, 5) is 4.06. The van der Waals surface area contributed by atoms with Crippen LogP contribution in [0.2, 0.25) is 0 Å². The summed E-state index contributed by atoms with van der Waals surface area (Å²) in [5.74, 6) is 0.130. The second kappa shape index (κ2) is 6.39. The molecule has 8 nitrogen and oxygen atoms in total. The third kappa shape index (κ3) is 3.11. The highest BCUT2D eigenvalue weighted by Gasteiger charge is 2.37. The van der Waals surface area contributed by atoms with Gasteiger partial charge in [-0.1, -0.05) is 0 Å². The van der Waals surface area contributed by atoms with Gasteiger partial charge in [0.05, 0.1) is 0 Å². The first kappa shape index (κ1) is 16.5. The van der Waals surface area contributed by atoms with E-state index >= 15 is 0 Å². The number of alkyl halides is 3. The van der Waals surface area contributed by atoms with E-state index in [9.17, 15) is 13.2 Å². The largest absolute Gasteiger partial charge is 0.453 e. The van der Waals surface area contributed by atoms with Crippen LogP contribution in [0.4, 0.5) is 24.8 Å². The summed E-state index contributed by atoms with van der Waals surface area (Å²) >= 11 is 0. The molecular formula is C15H15F3N8. The number of nitrogens with zero attached hydrogens (tertiary/aromatic N) is 8. The highest BCUT2D eigenvalue weighted by Crippen LogP contribution is 2.28. The van der Waals surface area contributed by atoms with Crippen LogP contribution >= 0.6 is 0 Å². The van der Waals surface area contributed by atoms with E-state index in [4.69, 9.17) is 0 Å². The van der Waals surface area contributed by atoms with E-state index in [1.165, 1.54) is 6.07 Å². The zero-order valence-electron chi connectivity index (χ0n) is 13.6. The van der Waals surface area contributed by atoms with E-state index in [1.54, 1.807) is 12.3 Å². The third-order valence-electron chi connectivity index (χ3n) is 4.20. The van der Waals surface area contributed by atoms with Crippen LogP contribution in [0.15, 0.2) is 30.5 Å². The molecule has 1 aliphatic heterocycles. The van der Waals surface area contributed by atoms with E-state index in [1.807, 2.05) is 17.0 Å². The van der Waals surface area contributed by atoms with Crippen LogP contribution in [-0.2, 0) is 6.18 Å². The van der Waals surface area contributed by atoms with Crippen molar-refractivity contribution in [2.75, 3.05) is 36.0 Å². The van der Waals surface area contributed by atoms with Gasteiger partial charge in [0.2, 0.25) is 0 Å². The lowest BCUT2D eigenvalue weighted by Crippen LogP contribution is -2.32. The van der Waals surface area contributed by atoms with Crippen molar-refractivity contribution < 1.29 is 13.2 Å². The zero-order chi connectivity index (χ0) is 18.1. The molecule has 0 bridgehead atoms. The van der Waals surface area contributed by atoms with Crippen LogP contribution in [0.1, 0.15) is 12.2 Å². The maximum Gasteiger partial charge on any atom is 0.453 e. The predicted octanol–water partition coefficient (Wildman–Crippen LogP) is 1.65. The minimum atomic E-state index is -4.60. The van der Waals surface area contributed by atoms with Gasteiger partial charge in [-0.25, -0.2) is 0 Å². The van der Waals surface area contributed by atoms with E-state index in [0.29, 0.717) is 25.5 Å². The van der Waals surface area contributed by atoms with E-state index in [-0.39, 0.29) is 5.65 Å². The molecule has 4 heterocycles. The monoisotopic (exact) mass is 364 g/mol. The smallest absolute Gasteiger partial charge is 0.353 e. The lowest BCUT2D eigenvalue weighted by atomic mass is 10.3. The third-order valence-corrected chi connectivity index (χ3v) is 4.20. The molecule has 26 heavy (non-hydrogen) atoms. The molecule has 3 aromatic heterocycles. The Bertz CT molecular complexity index is 895. The van der Waals surface area contributed by atoms with Crippen molar-refractivity contribution in [2.24, 2.45) is 0 Å². The molecule has 11 heteroatoms. The molecule has 0 unspecified atom stereocenters. The molecule has 0 saturated carbocycles. The molecule has 0 amide bonds. The van der Waals surface area contributed by atoms with Crippen molar-refractivity contribution in [3.8, 4) is 0 Å². The Morgan fingerprint density at radius 2 is 1.62 bits per heavy atom. The summed E-state index contributed by atoms with van der Waals surface area (Å²) in [6, 6.07) is 6.88. The van der Waals surface area contributed by atoms with Gasteiger partial charge < -0.3 is 9.80 Å². The summed E-state index contributed by atoms with van der Waals surface area (Å²) in [6.07, 6.45) is -2.17. The summed E-state index contributed by atoms with van der Waals surface area (Å²) in [5, 5.41) is 18.9. The fourth-order valence-corrected chi connectivity index (χ4v) is 2.96. The standard InChI is InChI=1S/C15H15F3N8/c16-15(17,18)14-22-21-12-4-5-13(23-26(12)14)25-8-2-7-24(9-10-25)11-3-1-6-19-20-11/h1,3-6H,2,7-10H2. The zero-order valence-corrected chi connectivity index (χ0v) is 13.6. The molecule has 0 N–H and O–H groups in total. The van der Waals surface area contributed by atoms with Crippen molar-refractivity contribution in [1.29, 1.82) is 0 Å². The van der Waals surface area contributed by atoms with Crippen LogP contribution in [0.3, 0.4) is 0 Å². The predicted molar refractivity (Wildman–Crippen MR) is 86.9 cm³/mol. The Kier molecular flexibility index (Phi) is 4.05. The van der Waals surface area contributed by atoms with Gasteiger partial charge in [0.15, 0.2) is 11.5 Å². The fourth-order valence-electron chi connectivity index (χ4n) is 2.96. The summed E-state index contributed by atoms with van der Waals surface area (Å²) in [7, 11) is 0. The van der Waals surface area contributed by atoms with E-state index in [0.717, 1.165) is 23.3 Å². The quantitative estimate of drug-likeness (QED) is 0.684. The minimum absolute atomic E-state index is 0.0667. The molecule has 0 radical (unpaired) electrons. The van der Waals surface area contributed by atoms with E-state index < -0.39 is 12.0 Å². The second-order valence-corrected chi connectivity index (χ2v) is 5.89. The Morgan fingerprint density at radius 3 is 2.31 bits per heavy atom. The van der Waals surface area contributed by atoms with Gasteiger partial charge in [-0.15, -0.1) is 20.4 Å². The first-order valence-corrected chi connectivity index (χ1v) is 8.09. The molecule has 136 valence electrons. The summed E-state index contributed by atoms with van der Waals surface area (Å²) < 4.78 is 39.8. The second-order valence-electron chi connectivity index (χ2n) is 5.89. The maximum absolute atomic E-state index is 13.0. The van der Waals surface area contributed by atoms with Crippen LogP contribution in [0.25, 0.3) is 5.65 Å². The molecule has 1 saturated heterocycles. The Labute approximate surface area is 146 Å². The Balaban J connectivity index is 1.58. The summed E-state index contributed by atoms with van der Waals surface area (Å²) in [5.41, 5.74) is 0.0667. The first-order valence-electron chi connectivity index (χ1n) is 8.09. The van der Waals surface area contributed by atoms with Crippen molar-refractivity contribution in [1.82, 2.24) is 30.0 Å². The fraction of sp³-hybridized carbons (Fsp3) is 0.400. The van der Waals surface area contributed by atoms with Crippen LogP contribution < -0.4 is 9.80 Å².